The molecule has 1 N–H and O–H groups in total. The van der Waals surface area contributed by atoms with Crippen molar-refractivity contribution in [3.63, 3.8) is 0 Å². The quantitative estimate of drug-likeness (QED) is 0.922. The fourth-order valence-electron chi connectivity index (χ4n) is 3.86. The number of rotatable bonds is 4. The third-order valence-corrected chi connectivity index (χ3v) is 5.03. The maximum absolute atomic E-state index is 13.0. The van der Waals surface area contributed by atoms with Crippen LogP contribution in [0.4, 0.5) is 0 Å². The topological polar surface area (TPSA) is 49.4 Å². The SMILES string of the molecule is CC(C)NC(=O)C12CCCC=C1N(Cc1ccccc1)C(=O)CC2. The zero-order valence-electron chi connectivity index (χ0n) is 14.5. The summed E-state index contributed by atoms with van der Waals surface area (Å²) in [5, 5.41) is 3.08. The van der Waals surface area contributed by atoms with Crippen molar-refractivity contribution in [2.45, 2.75) is 58.5 Å². The van der Waals surface area contributed by atoms with E-state index >= 15 is 0 Å². The monoisotopic (exact) mass is 326 g/mol. The standard InChI is InChI=1S/C20H26N2O2/c1-15(2)21-19(24)20-12-7-6-10-17(20)22(18(23)11-13-20)14-16-8-4-3-5-9-16/h3-5,8-10,15H,6-7,11-14H2,1-2H3,(H,21,24). The van der Waals surface area contributed by atoms with E-state index in [0.717, 1.165) is 30.5 Å². The van der Waals surface area contributed by atoms with Gasteiger partial charge >= 0.3 is 0 Å². The van der Waals surface area contributed by atoms with Crippen molar-refractivity contribution in [1.82, 2.24) is 10.2 Å². The summed E-state index contributed by atoms with van der Waals surface area (Å²) in [6.45, 7) is 4.51. The Labute approximate surface area is 143 Å². The Kier molecular flexibility index (Phi) is 4.74. The minimum absolute atomic E-state index is 0.0778. The largest absolute Gasteiger partial charge is 0.353 e. The molecular weight excluding hydrogens is 300 g/mol. The predicted molar refractivity (Wildman–Crippen MR) is 93.9 cm³/mol. The van der Waals surface area contributed by atoms with Gasteiger partial charge in [0.1, 0.15) is 0 Å². The second-order valence-electron chi connectivity index (χ2n) is 7.16. The smallest absolute Gasteiger partial charge is 0.232 e. The number of fused-ring (bicyclic) bond motifs is 1. The molecule has 4 nitrogen and oxygen atoms in total. The molecule has 0 spiro atoms. The van der Waals surface area contributed by atoms with Crippen LogP contribution in [0, 0.1) is 5.41 Å². The lowest BCUT2D eigenvalue weighted by atomic mass is 9.69. The highest BCUT2D eigenvalue weighted by Gasteiger charge is 2.49. The number of carbonyl (C=O) groups excluding carboxylic acids is 2. The average molecular weight is 326 g/mol. The van der Waals surface area contributed by atoms with E-state index in [9.17, 15) is 9.59 Å². The number of carbonyl (C=O) groups is 2. The first kappa shape index (κ1) is 16.7. The summed E-state index contributed by atoms with van der Waals surface area (Å²) >= 11 is 0. The second kappa shape index (κ2) is 6.80. The summed E-state index contributed by atoms with van der Waals surface area (Å²) in [6.07, 6.45) is 5.95. The lowest BCUT2D eigenvalue weighted by Crippen LogP contribution is -2.53. The van der Waals surface area contributed by atoms with Gasteiger partial charge in [0.25, 0.3) is 0 Å². The van der Waals surface area contributed by atoms with Crippen LogP contribution in [0.5, 0.6) is 0 Å². The Morgan fingerprint density at radius 3 is 2.71 bits per heavy atom. The zero-order chi connectivity index (χ0) is 17.2. The highest BCUT2D eigenvalue weighted by atomic mass is 16.2. The van der Waals surface area contributed by atoms with Crippen LogP contribution < -0.4 is 5.32 Å². The first-order valence-electron chi connectivity index (χ1n) is 8.89. The van der Waals surface area contributed by atoms with Gasteiger partial charge in [0.15, 0.2) is 0 Å². The molecular formula is C20H26N2O2. The van der Waals surface area contributed by atoms with Crippen molar-refractivity contribution in [3.05, 3.63) is 47.7 Å². The van der Waals surface area contributed by atoms with Crippen molar-refractivity contribution in [1.29, 1.82) is 0 Å². The van der Waals surface area contributed by atoms with Gasteiger partial charge in [-0.15, -0.1) is 0 Å². The van der Waals surface area contributed by atoms with Gasteiger partial charge in [-0.3, -0.25) is 9.59 Å². The molecule has 0 bridgehead atoms. The Morgan fingerprint density at radius 2 is 2.00 bits per heavy atom. The third kappa shape index (κ3) is 3.10. The van der Waals surface area contributed by atoms with E-state index in [1.165, 1.54) is 0 Å². The number of hydrogen-bond acceptors (Lipinski definition) is 2. The maximum atomic E-state index is 13.0. The molecule has 2 amide bonds. The molecule has 1 aliphatic heterocycles. The van der Waals surface area contributed by atoms with Crippen LogP contribution in [0.25, 0.3) is 0 Å². The van der Waals surface area contributed by atoms with Gasteiger partial charge in [-0.05, 0) is 45.1 Å². The molecule has 0 saturated carbocycles. The van der Waals surface area contributed by atoms with Crippen LogP contribution in [-0.2, 0) is 16.1 Å². The molecule has 2 aliphatic rings. The van der Waals surface area contributed by atoms with Crippen LogP contribution in [0.3, 0.4) is 0 Å². The van der Waals surface area contributed by atoms with E-state index in [2.05, 4.69) is 11.4 Å². The summed E-state index contributed by atoms with van der Waals surface area (Å²) < 4.78 is 0. The molecule has 24 heavy (non-hydrogen) atoms. The number of hydrogen-bond donors (Lipinski definition) is 1. The number of allylic oxidation sites excluding steroid dienone is 1. The normalized spacial score (nSPS) is 23.7. The van der Waals surface area contributed by atoms with E-state index in [1.54, 1.807) is 0 Å². The molecule has 1 atom stereocenters. The highest BCUT2D eigenvalue weighted by molar-refractivity contribution is 5.91. The Bertz CT molecular complexity index is 651. The number of benzene rings is 1. The molecule has 1 heterocycles. The average Bonchev–Trinajstić information content (AvgIpc) is 2.58. The van der Waals surface area contributed by atoms with Gasteiger partial charge in [0.05, 0.1) is 12.0 Å². The van der Waals surface area contributed by atoms with Crippen molar-refractivity contribution in [2.75, 3.05) is 0 Å². The van der Waals surface area contributed by atoms with Gasteiger partial charge in [-0.25, -0.2) is 0 Å². The van der Waals surface area contributed by atoms with Crippen LogP contribution in [0.15, 0.2) is 42.1 Å². The number of amides is 2. The molecule has 4 heteroatoms. The van der Waals surface area contributed by atoms with Gasteiger partial charge < -0.3 is 10.2 Å². The minimum atomic E-state index is -0.536. The second-order valence-corrected chi connectivity index (χ2v) is 7.16. The summed E-state index contributed by atoms with van der Waals surface area (Å²) in [5.74, 6) is 0.203. The molecule has 1 saturated heterocycles. The molecule has 1 aliphatic carbocycles. The molecule has 1 aromatic carbocycles. The van der Waals surface area contributed by atoms with Crippen molar-refractivity contribution >= 4 is 11.8 Å². The number of nitrogens with zero attached hydrogens (tertiary/aromatic N) is 1. The minimum Gasteiger partial charge on any atom is -0.353 e. The highest BCUT2D eigenvalue weighted by Crippen LogP contribution is 2.47. The maximum Gasteiger partial charge on any atom is 0.232 e. The lowest BCUT2D eigenvalue weighted by Gasteiger charge is -2.46. The molecule has 3 rings (SSSR count). The van der Waals surface area contributed by atoms with E-state index < -0.39 is 5.41 Å². The van der Waals surface area contributed by atoms with Gasteiger partial charge in [0, 0.05) is 18.2 Å². The van der Waals surface area contributed by atoms with Gasteiger partial charge in [0.2, 0.25) is 11.8 Å². The van der Waals surface area contributed by atoms with Crippen molar-refractivity contribution < 1.29 is 9.59 Å². The molecule has 0 aromatic heterocycles. The fourth-order valence-corrected chi connectivity index (χ4v) is 3.86. The summed E-state index contributed by atoms with van der Waals surface area (Å²) in [4.78, 5) is 27.4. The summed E-state index contributed by atoms with van der Waals surface area (Å²) in [5.41, 5.74) is 1.48. The zero-order valence-corrected chi connectivity index (χ0v) is 14.5. The van der Waals surface area contributed by atoms with Gasteiger partial charge in [-0.2, -0.15) is 0 Å². The number of piperidine rings is 1. The van der Waals surface area contributed by atoms with E-state index in [-0.39, 0.29) is 17.9 Å². The Morgan fingerprint density at radius 1 is 1.25 bits per heavy atom. The summed E-state index contributed by atoms with van der Waals surface area (Å²) in [6, 6.07) is 10.1. The molecule has 128 valence electrons. The molecule has 0 radical (unpaired) electrons. The summed E-state index contributed by atoms with van der Waals surface area (Å²) in [7, 11) is 0. The number of nitrogens with one attached hydrogen (secondary N) is 1. The van der Waals surface area contributed by atoms with Crippen LogP contribution >= 0.6 is 0 Å². The van der Waals surface area contributed by atoms with Gasteiger partial charge in [-0.1, -0.05) is 36.4 Å². The number of likely N-dealkylation sites (tertiary alicyclic amines) is 1. The first-order chi connectivity index (χ1) is 11.5. The van der Waals surface area contributed by atoms with Crippen LogP contribution in [-0.4, -0.2) is 22.8 Å². The van der Waals surface area contributed by atoms with Crippen LogP contribution in [0.1, 0.15) is 51.5 Å². The predicted octanol–water partition coefficient (Wildman–Crippen LogP) is 3.39. The van der Waals surface area contributed by atoms with E-state index in [0.29, 0.717) is 19.4 Å². The van der Waals surface area contributed by atoms with Crippen LogP contribution in [0.2, 0.25) is 0 Å². The van der Waals surface area contributed by atoms with Crippen molar-refractivity contribution in [3.8, 4) is 0 Å². The molecule has 1 fully saturated rings. The first-order valence-corrected chi connectivity index (χ1v) is 8.89. The van der Waals surface area contributed by atoms with Crippen molar-refractivity contribution in [2.24, 2.45) is 5.41 Å². The Hall–Kier alpha value is -2.10. The van der Waals surface area contributed by atoms with E-state index in [4.69, 9.17) is 0 Å². The molecule has 1 unspecified atom stereocenters. The third-order valence-electron chi connectivity index (χ3n) is 5.03. The Balaban J connectivity index is 1.93. The lowest BCUT2D eigenvalue weighted by molar-refractivity contribution is -0.141. The molecule has 1 aromatic rings. The van der Waals surface area contributed by atoms with E-state index in [1.807, 2.05) is 49.1 Å². The fraction of sp³-hybridized carbons (Fsp3) is 0.500.